The number of hydrogen-bond acceptors (Lipinski definition) is 6. The Balaban J connectivity index is 1.77. The van der Waals surface area contributed by atoms with Crippen LogP contribution in [-0.2, 0) is 34.8 Å². The maximum atomic E-state index is 14.4. The number of aliphatic hydroxyl groups is 1. The lowest BCUT2D eigenvalue weighted by molar-refractivity contribution is -0.198. The number of methoxy groups -OCH3 is 1. The number of amides is 1. The average molecular weight is 538 g/mol. The summed E-state index contributed by atoms with van der Waals surface area (Å²) in [5, 5.41) is 12.5. The zero-order valence-corrected chi connectivity index (χ0v) is 24.2. The molecule has 2 aromatic carbocycles. The van der Waals surface area contributed by atoms with E-state index in [1.54, 1.807) is 38.1 Å². The number of carbonyl (C=O) groups is 2. The van der Waals surface area contributed by atoms with E-state index in [1.165, 1.54) is 24.5 Å². The van der Waals surface area contributed by atoms with Crippen LogP contribution in [-0.4, -0.2) is 53.2 Å². The third-order valence-corrected chi connectivity index (χ3v) is 8.80. The smallest absolute Gasteiger partial charge is 0.345 e. The fraction of sp³-hybridized carbons (Fsp3) is 0.562. The molecular weight excluding hydrogens is 494 g/mol. The highest BCUT2D eigenvalue weighted by molar-refractivity contribution is 5.84. The van der Waals surface area contributed by atoms with Gasteiger partial charge in [0.2, 0.25) is 11.5 Å². The molecule has 7 heteroatoms. The SMILES string of the molecule is COC1OC(C)(C)N(C(C)=O)[C@H]1[C@@](O)(C(=O)O[C@@H]1C[C@H](C)CC[C@H]1C(C)(C)c1ccccc1)c1ccccc1. The summed E-state index contributed by atoms with van der Waals surface area (Å²) in [5.41, 5.74) is -2.12. The van der Waals surface area contributed by atoms with Crippen molar-refractivity contribution in [3.63, 3.8) is 0 Å². The van der Waals surface area contributed by atoms with Gasteiger partial charge in [-0.05, 0) is 49.1 Å². The van der Waals surface area contributed by atoms with Gasteiger partial charge in [-0.3, -0.25) is 4.79 Å². The summed E-state index contributed by atoms with van der Waals surface area (Å²) in [6.07, 6.45) is 1.14. The quantitative estimate of drug-likeness (QED) is 0.492. The van der Waals surface area contributed by atoms with Gasteiger partial charge in [0.25, 0.3) is 0 Å². The van der Waals surface area contributed by atoms with Gasteiger partial charge in [0.1, 0.15) is 17.9 Å². The number of nitrogens with zero attached hydrogens (tertiary/aromatic N) is 1. The molecule has 39 heavy (non-hydrogen) atoms. The van der Waals surface area contributed by atoms with E-state index in [4.69, 9.17) is 14.2 Å². The zero-order valence-electron chi connectivity index (χ0n) is 24.2. The van der Waals surface area contributed by atoms with Crippen LogP contribution in [0.4, 0.5) is 0 Å². The van der Waals surface area contributed by atoms with Gasteiger partial charge in [0, 0.05) is 20.0 Å². The monoisotopic (exact) mass is 537 g/mol. The lowest BCUT2D eigenvalue weighted by atomic mass is 9.64. The Morgan fingerprint density at radius 3 is 2.10 bits per heavy atom. The first-order valence-electron chi connectivity index (χ1n) is 13.9. The molecule has 212 valence electrons. The van der Waals surface area contributed by atoms with E-state index in [-0.39, 0.29) is 17.2 Å². The Morgan fingerprint density at radius 2 is 1.56 bits per heavy atom. The van der Waals surface area contributed by atoms with E-state index in [0.29, 0.717) is 17.9 Å². The molecule has 0 radical (unpaired) electrons. The van der Waals surface area contributed by atoms with E-state index in [1.807, 2.05) is 24.3 Å². The average Bonchev–Trinajstić information content (AvgIpc) is 3.20. The van der Waals surface area contributed by atoms with Gasteiger partial charge in [0.05, 0.1) is 0 Å². The van der Waals surface area contributed by atoms with Gasteiger partial charge in [-0.15, -0.1) is 0 Å². The molecule has 0 aromatic heterocycles. The van der Waals surface area contributed by atoms with Crippen molar-refractivity contribution in [2.75, 3.05) is 7.11 Å². The van der Waals surface area contributed by atoms with Crippen LogP contribution >= 0.6 is 0 Å². The largest absolute Gasteiger partial charge is 0.460 e. The predicted molar refractivity (Wildman–Crippen MR) is 148 cm³/mol. The molecule has 1 heterocycles. The number of hydrogen-bond donors (Lipinski definition) is 1. The molecule has 2 aliphatic rings. The second-order valence-corrected chi connectivity index (χ2v) is 12.2. The molecule has 1 amide bonds. The maximum absolute atomic E-state index is 14.4. The van der Waals surface area contributed by atoms with Gasteiger partial charge < -0.3 is 24.2 Å². The van der Waals surface area contributed by atoms with Crippen LogP contribution in [0, 0.1) is 11.8 Å². The molecule has 6 atom stereocenters. The Kier molecular flexibility index (Phi) is 8.27. The fourth-order valence-corrected chi connectivity index (χ4v) is 6.69. The molecule has 2 aromatic rings. The minimum Gasteiger partial charge on any atom is -0.460 e. The minimum absolute atomic E-state index is 0.0403. The van der Waals surface area contributed by atoms with E-state index in [9.17, 15) is 14.7 Å². The summed E-state index contributed by atoms with van der Waals surface area (Å²) in [7, 11) is 1.44. The van der Waals surface area contributed by atoms with Crippen LogP contribution in [0.5, 0.6) is 0 Å². The first-order chi connectivity index (χ1) is 18.3. The van der Waals surface area contributed by atoms with Crippen molar-refractivity contribution in [1.82, 2.24) is 4.90 Å². The van der Waals surface area contributed by atoms with Gasteiger partial charge in [-0.1, -0.05) is 87.9 Å². The highest BCUT2D eigenvalue weighted by Crippen LogP contribution is 2.46. The molecule has 7 nitrogen and oxygen atoms in total. The highest BCUT2D eigenvalue weighted by atomic mass is 16.7. The molecule has 1 aliphatic carbocycles. The summed E-state index contributed by atoms with van der Waals surface area (Å²) in [6, 6.07) is 17.8. The third kappa shape index (κ3) is 5.37. The summed E-state index contributed by atoms with van der Waals surface area (Å²) in [6.45, 7) is 11.4. The Labute approximate surface area is 232 Å². The van der Waals surface area contributed by atoms with Gasteiger partial charge >= 0.3 is 5.97 Å². The Morgan fingerprint density at radius 1 is 1.00 bits per heavy atom. The van der Waals surface area contributed by atoms with Crippen molar-refractivity contribution >= 4 is 11.9 Å². The molecule has 0 bridgehead atoms. The third-order valence-electron chi connectivity index (χ3n) is 8.80. The molecule has 1 unspecified atom stereocenters. The number of benzene rings is 2. The fourth-order valence-electron chi connectivity index (χ4n) is 6.69. The lowest BCUT2D eigenvalue weighted by Crippen LogP contribution is -2.61. The van der Waals surface area contributed by atoms with Gasteiger partial charge in [-0.2, -0.15) is 0 Å². The van der Waals surface area contributed by atoms with Crippen molar-refractivity contribution < 1.29 is 28.9 Å². The van der Waals surface area contributed by atoms with E-state index < -0.39 is 35.7 Å². The molecule has 1 saturated heterocycles. The van der Waals surface area contributed by atoms with Crippen LogP contribution in [0.3, 0.4) is 0 Å². The Hall–Kier alpha value is -2.74. The molecule has 2 fully saturated rings. The molecular formula is C32H43NO6. The van der Waals surface area contributed by atoms with Crippen LogP contribution in [0.15, 0.2) is 60.7 Å². The number of ether oxygens (including phenoxy) is 3. The van der Waals surface area contributed by atoms with Crippen molar-refractivity contribution in [2.24, 2.45) is 11.8 Å². The molecule has 1 saturated carbocycles. The van der Waals surface area contributed by atoms with E-state index >= 15 is 0 Å². The lowest BCUT2D eigenvalue weighted by Gasteiger charge is -2.46. The first-order valence-corrected chi connectivity index (χ1v) is 13.9. The molecule has 0 spiro atoms. The summed E-state index contributed by atoms with van der Waals surface area (Å²) in [4.78, 5) is 28.7. The molecule has 1 N–H and O–H groups in total. The summed E-state index contributed by atoms with van der Waals surface area (Å²) < 4.78 is 18.0. The van der Waals surface area contributed by atoms with Crippen LogP contribution < -0.4 is 0 Å². The van der Waals surface area contributed by atoms with Crippen molar-refractivity contribution in [3.8, 4) is 0 Å². The van der Waals surface area contributed by atoms with Gasteiger partial charge in [0.15, 0.2) is 6.29 Å². The number of esters is 1. The predicted octanol–water partition coefficient (Wildman–Crippen LogP) is 5.16. The van der Waals surface area contributed by atoms with E-state index in [0.717, 1.165) is 12.8 Å². The van der Waals surface area contributed by atoms with Gasteiger partial charge in [-0.25, -0.2) is 4.79 Å². The molecule has 1 aliphatic heterocycles. The van der Waals surface area contributed by atoms with Crippen molar-refractivity contribution in [1.29, 1.82) is 0 Å². The second-order valence-electron chi connectivity index (χ2n) is 12.2. The zero-order chi connectivity index (χ0) is 28.6. The van der Waals surface area contributed by atoms with Crippen LogP contribution in [0.1, 0.15) is 71.9 Å². The summed E-state index contributed by atoms with van der Waals surface area (Å²) >= 11 is 0. The number of carbonyl (C=O) groups excluding carboxylic acids is 2. The maximum Gasteiger partial charge on any atom is 0.345 e. The standard InChI is InChI=1S/C32H43NO6/c1-21-18-19-25(30(3,4)23-14-10-8-11-15-23)26(20-21)38-29(35)32(36,24-16-12-9-13-17-24)27-28(37-7)39-31(5,6)33(27)22(2)34/h8-17,21,25-28,36H,18-20H2,1-7H3/t21-,25-,26-,27-,28?,32-/m1/s1. The number of rotatable bonds is 7. The van der Waals surface area contributed by atoms with Crippen LogP contribution in [0.2, 0.25) is 0 Å². The molecule has 4 rings (SSSR count). The minimum atomic E-state index is -2.23. The van der Waals surface area contributed by atoms with E-state index in [2.05, 4.69) is 32.9 Å². The second kappa shape index (κ2) is 11.0. The normalized spacial score (nSPS) is 28.5. The Bertz CT molecular complexity index is 1150. The van der Waals surface area contributed by atoms with Crippen molar-refractivity contribution in [3.05, 3.63) is 71.8 Å². The highest BCUT2D eigenvalue weighted by Gasteiger charge is 2.63. The summed E-state index contributed by atoms with van der Waals surface area (Å²) in [5.74, 6) is -0.745. The topological polar surface area (TPSA) is 85.3 Å². The van der Waals surface area contributed by atoms with Crippen LogP contribution in [0.25, 0.3) is 0 Å². The first kappa shape index (κ1) is 29.2. The van der Waals surface area contributed by atoms with Crippen molar-refractivity contribution in [2.45, 2.75) is 96.0 Å².